The molecule has 1 unspecified atom stereocenters. The largest absolute Gasteiger partial charge is 0.478 e. The number of aromatic carboxylic acids is 1. The summed E-state index contributed by atoms with van der Waals surface area (Å²) in [5.41, 5.74) is 6.75. The first-order valence-electron chi connectivity index (χ1n) is 9.45. The predicted octanol–water partition coefficient (Wildman–Crippen LogP) is 3.05. The van der Waals surface area contributed by atoms with Crippen molar-refractivity contribution in [3.05, 3.63) is 86.8 Å². The van der Waals surface area contributed by atoms with Crippen LogP contribution >= 0.6 is 15.9 Å². The number of hydrogen-bond donors (Lipinski definition) is 2. The highest BCUT2D eigenvalue weighted by Crippen LogP contribution is 2.44. The number of ether oxygens (including phenoxy) is 2. The van der Waals surface area contributed by atoms with Crippen LogP contribution in [0, 0.1) is 11.3 Å². The summed E-state index contributed by atoms with van der Waals surface area (Å²) in [5.74, 6) is -4.03. The fraction of sp³-hybridized carbons (Fsp3) is 0.130. The summed E-state index contributed by atoms with van der Waals surface area (Å²) >= 11 is 3.30. The number of carbonyl (C=O) groups excluding carboxylic acids is 2. The fourth-order valence-electron chi connectivity index (χ4n) is 3.58. The summed E-state index contributed by atoms with van der Waals surface area (Å²) in [4.78, 5) is 38.5. The number of carboxylic acids is 1. The Balaban J connectivity index is 2.41. The molecule has 0 fully saturated rings. The molecule has 1 aliphatic rings. The van der Waals surface area contributed by atoms with Crippen LogP contribution in [0.3, 0.4) is 0 Å². The number of carboxylic acid groups (broad SMARTS) is 1. The summed E-state index contributed by atoms with van der Waals surface area (Å²) < 4.78 is 10.2. The highest BCUT2D eigenvalue weighted by atomic mass is 79.9. The minimum absolute atomic E-state index is 0.00321. The Bertz CT molecular complexity index is 1250. The topological polar surface area (TPSA) is 143 Å². The summed E-state index contributed by atoms with van der Waals surface area (Å²) in [7, 11) is 2.30. The van der Waals surface area contributed by atoms with Crippen LogP contribution in [-0.2, 0) is 19.1 Å². The van der Waals surface area contributed by atoms with Gasteiger partial charge in [0.05, 0.1) is 48.6 Å². The number of carbonyl (C=O) groups is 3. The van der Waals surface area contributed by atoms with Gasteiger partial charge in [0.15, 0.2) is 0 Å². The maximum atomic E-state index is 13.0. The molecule has 0 radical (unpaired) electrons. The number of esters is 2. The lowest BCUT2D eigenvalue weighted by molar-refractivity contribution is -0.139. The molecule has 1 heterocycles. The molecular weight excluding hydrogens is 494 g/mol. The molecule has 33 heavy (non-hydrogen) atoms. The third-order valence-corrected chi connectivity index (χ3v) is 5.68. The second-order valence-electron chi connectivity index (χ2n) is 6.81. The van der Waals surface area contributed by atoms with Gasteiger partial charge in [-0.05, 0) is 39.7 Å². The molecule has 2 aromatic carbocycles. The Morgan fingerprint density at radius 3 is 2.24 bits per heavy atom. The summed E-state index contributed by atoms with van der Waals surface area (Å²) in [5, 5.41) is 19.3. The molecule has 2 aromatic rings. The molecule has 0 spiro atoms. The van der Waals surface area contributed by atoms with Gasteiger partial charge in [0, 0.05) is 4.47 Å². The number of anilines is 1. The van der Waals surface area contributed by atoms with E-state index in [9.17, 15) is 24.8 Å². The average Bonchev–Trinajstić information content (AvgIpc) is 2.82. The van der Waals surface area contributed by atoms with Crippen molar-refractivity contribution in [2.75, 3.05) is 19.1 Å². The number of benzene rings is 2. The lowest BCUT2D eigenvalue weighted by atomic mass is 9.81. The van der Waals surface area contributed by atoms with Gasteiger partial charge in [-0.25, -0.2) is 14.4 Å². The molecule has 3 N–H and O–H groups in total. The number of nitrogens with two attached hydrogens (primary N) is 1. The second kappa shape index (κ2) is 9.58. The van der Waals surface area contributed by atoms with Crippen molar-refractivity contribution in [2.45, 2.75) is 5.92 Å². The van der Waals surface area contributed by atoms with E-state index in [0.717, 1.165) is 14.2 Å². The fourth-order valence-corrected chi connectivity index (χ4v) is 4.14. The van der Waals surface area contributed by atoms with Gasteiger partial charge in [-0.15, -0.1) is 0 Å². The molecule has 9 nitrogen and oxygen atoms in total. The van der Waals surface area contributed by atoms with Crippen molar-refractivity contribution < 1.29 is 29.0 Å². The normalized spacial score (nSPS) is 15.7. The van der Waals surface area contributed by atoms with E-state index < -0.39 is 23.8 Å². The Kier molecular flexibility index (Phi) is 6.84. The molecule has 0 saturated carbocycles. The Morgan fingerprint density at radius 2 is 1.73 bits per heavy atom. The first-order valence-corrected chi connectivity index (χ1v) is 10.2. The molecule has 0 bridgehead atoms. The number of hydrogen-bond acceptors (Lipinski definition) is 8. The first kappa shape index (κ1) is 23.6. The summed E-state index contributed by atoms with van der Waals surface area (Å²) in [6.45, 7) is 0. The van der Waals surface area contributed by atoms with Crippen molar-refractivity contribution in [3.8, 4) is 6.07 Å². The molecule has 0 aliphatic carbocycles. The first-order chi connectivity index (χ1) is 15.8. The van der Waals surface area contributed by atoms with Crippen LogP contribution in [0.25, 0.3) is 0 Å². The van der Waals surface area contributed by atoms with E-state index in [0.29, 0.717) is 5.56 Å². The molecule has 168 valence electrons. The van der Waals surface area contributed by atoms with Crippen molar-refractivity contribution >= 4 is 39.5 Å². The van der Waals surface area contributed by atoms with Crippen LogP contribution in [-0.4, -0.2) is 37.2 Å². The number of nitrogens with zero attached hydrogens (tertiary/aromatic N) is 2. The number of methoxy groups -OCH3 is 2. The zero-order valence-electron chi connectivity index (χ0n) is 17.5. The van der Waals surface area contributed by atoms with E-state index in [1.807, 2.05) is 6.07 Å². The van der Waals surface area contributed by atoms with Gasteiger partial charge in [-0.3, -0.25) is 4.90 Å². The highest BCUT2D eigenvalue weighted by molar-refractivity contribution is 9.10. The Hall–Kier alpha value is -4.10. The molecule has 0 saturated heterocycles. The van der Waals surface area contributed by atoms with Crippen LogP contribution < -0.4 is 10.6 Å². The van der Waals surface area contributed by atoms with Crippen molar-refractivity contribution in [3.63, 3.8) is 0 Å². The minimum atomic E-state index is -1.16. The van der Waals surface area contributed by atoms with E-state index in [1.165, 1.54) is 23.1 Å². The van der Waals surface area contributed by atoms with Crippen LogP contribution in [0.1, 0.15) is 21.8 Å². The van der Waals surface area contributed by atoms with Crippen LogP contribution in [0.2, 0.25) is 0 Å². The zero-order chi connectivity index (χ0) is 24.3. The van der Waals surface area contributed by atoms with Gasteiger partial charge in [0.1, 0.15) is 11.5 Å². The number of nitriles is 1. The van der Waals surface area contributed by atoms with Gasteiger partial charge in [0.25, 0.3) is 0 Å². The lowest BCUT2D eigenvalue weighted by Crippen LogP contribution is -2.41. The molecule has 1 atom stereocenters. The van der Waals surface area contributed by atoms with Crippen molar-refractivity contribution in [1.29, 1.82) is 5.26 Å². The molecule has 0 aromatic heterocycles. The third kappa shape index (κ3) is 4.18. The van der Waals surface area contributed by atoms with Gasteiger partial charge in [-0.2, -0.15) is 5.26 Å². The van der Waals surface area contributed by atoms with E-state index in [2.05, 4.69) is 15.9 Å². The molecule has 3 rings (SSSR count). The van der Waals surface area contributed by atoms with Gasteiger partial charge in [0.2, 0.25) is 0 Å². The van der Waals surface area contributed by atoms with Crippen LogP contribution in [0.4, 0.5) is 5.69 Å². The average molecular weight is 512 g/mol. The maximum Gasteiger partial charge on any atom is 0.355 e. The number of halogens is 1. The van der Waals surface area contributed by atoms with E-state index in [4.69, 9.17) is 15.2 Å². The predicted molar refractivity (Wildman–Crippen MR) is 121 cm³/mol. The quantitative estimate of drug-likeness (QED) is 0.578. The molecular formula is C23H18BrN3O6. The lowest BCUT2D eigenvalue weighted by Gasteiger charge is -2.36. The number of allylic oxidation sites excluding steroid dienone is 1. The SMILES string of the molecule is COC(=O)C1=C(C(=O)OC)N(c2ccc(C(=O)O)cc2Br)C(N)=C(C#N)C1c1ccccc1. The standard InChI is InChI=1S/C23H18BrN3O6/c1-32-22(30)18-17(12-6-4-3-5-7-12)14(11-25)20(26)27(19(18)23(31)33-2)16-9-8-13(21(28)29)10-15(16)24/h3-10,17H,26H2,1-2H3,(H,28,29). The van der Waals surface area contributed by atoms with Crippen LogP contribution in [0.5, 0.6) is 0 Å². The zero-order valence-corrected chi connectivity index (χ0v) is 19.1. The Labute approximate surface area is 197 Å². The summed E-state index contributed by atoms with van der Waals surface area (Å²) in [6.07, 6.45) is 0. The van der Waals surface area contributed by atoms with Gasteiger partial charge >= 0.3 is 17.9 Å². The van der Waals surface area contributed by atoms with Crippen molar-refractivity contribution in [1.82, 2.24) is 0 Å². The van der Waals surface area contributed by atoms with E-state index in [-0.39, 0.29) is 38.4 Å². The monoisotopic (exact) mass is 511 g/mol. The van der Waals surface area contributed by atoms with Crippen molar-refractivity contribution in [2.24, 2.45) is 5.73 Å². The maximum absolute atomic E-state index is 13.0. The number of rotatable bonds is 5. The Morgan fingerprint density at radius 1 is 1.09 bits per heavy atom. The summed E-state index contributed by atoms with van der Waals surface area (Å²) in [6, 6.07) is 14.7. The molecule has 10 heteroatoms. The minimum Gasteiger partial charge on any atom is -0.478 e. The second-order valence-corrected chi connectivity index (χ2v) is 7.66. The molecule has 0 amide bonds. The van der Waals surface area contributed by atoms with Crippen LogP contribution in [0.15, 0.2) is 75.7 Å². The highest BCUT2D eigenvalue weighted by Gasteiger charge is 2.43. The third-order valence-electron chi connectivity index (χ3n) is 5.05. The van der Waals surface area contributed by atoms with Gasteiger partial charge < -0.3 is 20.3 Å². The smallest absolute Gasteiger partial charge is 0.355 e. The van der Waals surface area contributed by atoms with E-state index in [1.54, 1.807) is 30.3 Å². The van der Waals surface area contributed by atoms with Gasteiger partial charge in [-0.1, -0.05) is 30.3 Å². The van der Waals surface area contributed by atoms with E-state index >= 15 is 0 Å². The molecule has 1 aliphatic heterocycles.